The average molecular weight is 304 g/mol. The van der Waals surface area contributed by atoms with Gasteiger partial charge in [-0.3, -0.25) is 19.9 Å². The molecule has 1 aliphatic heterocycles. The van der Waals surface area contributed by atoms with Crippen LogP contribution >= 0.6 is 0 Å². The zero-order chi connectivity index (χ0) is 15.5. The van der Waals surface area contributed by atoms with E-state index in [1.807, 2.05) is 13.1 Å². The Hall–Kier alpha value is -1.50. The molecule has 1 aromatic heterocycles. The highest BCUT2D eigenvalue weighted by Crippen LogP contribution is 2.36. The maximum absolute atomic E-state index is 11.5. The van der Waals surface area contributed by atoms with E-state index < -0.39 is 5.91 Å². The van der Waals surface area contributed by atoms with Crippen molar-refractivity contribution in [2.75, 3.05) is 20.1 Å². The molecule has 0 bridgehead atoms. The molecule has 3 rings (SSSR count). The Morgan fingerprint density at radius 3 is 3.05 bits per heavy atom. The molecule has 2 aliphatic rings. The number of hydrogen-bond donors (Lipinski definition) is 3. The van der Waals surface area contributed by atoms with Crippen LogP contribution < -0.4 is 10.8 Å². The van der Waals surface area contributed by atoms with Gasteiger partial charge >= 0.3 is 0 Å². The van der Waals surface area contributed by atoms with Crippen molar-refractivity contribution in [1.82, 2.24) is 20.7 Å². The predicted octanol–water partition coefficient (Wildman–Crippen LogP) is 0.947. The molecule has 2 unspecified atom stereocenters. The molecule has 1 aliphatic carbocycles. The summed E-state index contributed by atoms with van der Waals surface area (Å²) in [5.41, 5.74) is 4.28. The smallest absolute Gasteiger partial charge is 0.276 e. The number of rotatable bonds is 5. The van der Waals surface area contributed by atoms with Crippen LogP contribution in [0, 0.1) is 5.92 Å². The van der Waals surface area contributed by atoms with Gasteiger partial charge in [-0.15, -0.1) is 0 Å². The fourth-order valence-electron chi connectivity index (χ4n) is 3.60. The lowest BCUT2D eigenvalue weighted by Gasteiger charge is -2.46. The summed E-state index contributed by atoms with van der Waals surface area (Å²) in [6.45, 7) is 2.99. The normalized spacial score (nSPS) is 24.5. The fourth-order valence-corrected chi connectivity index (χ4v) is 3.60. The van der Waals surface area contributed by atoms with Crippen molar-refractivity contribution in [2.24, 2.45) is 5.92 Å². The van der Waals surface area contributed by atoms with Gasteiger partial charge < -0.3 is 5.32 Å². The van der Waals surface area contributed by atoms with E-state index in [-0.39, 0.29) is 0 Å². The van der Waals surface area contributed by atoms with Gasteiger partial charge in [0.2, 0.25) is 0 Å². The van der Waals surface area contributed by atoms with Crippen molar-refractivity contribution in [3.8, 4) is 0 Å². The van der Waals surface area contributed by atoms with Crippen molar-refractivity contribution in [3.05, 3.63) is 29.1 Å². The molecule has 120 valence electrons. The Kier molecular flexibility index (Phi) is 4.71. The van der Waals surface area contributed by atoms with E-state index >= 15 is 0 Å². The summed E-state index contributed by atoms with van der Waals surface area (Å²) >= 11 is 0. The van der Waals surface area contributed by atoms with Gasteiger partial charge in [0.15, 0.2) is 0 Å². The Bertz CT molecular complexity index is 549. The van der Waals surface area contributed by atoms with Crippen LogP contribution in [0.15, 0.2) is 12.3 Å². The maximum atomic E-state index is 11.5. The summed E-state index contributed by atoms with van der Waals surface area (Å²) in [6, 6.07) is 2.54. The second-order valence-electron chi connectivity index (χ2n) is 6.29. The molecular formula is C16H24N4O2. The zero-order valence-corrected chi connectivity index (χ0v) is 13.0. The molecule has 1 aromatic rings. The van der Waals surface area contributed by atoms with Crippen molar-refractivity contribution < 1.29 is 10.0 Å². The number of fused-ring (bicyclic) bond motifs is 1. The van der Waals surface area contributed by atoms with Gasteiger partial charge in [0.25, 0.3) is 5.91 Å². The highest BCUT2D eigenvalue weighted by molar-refractivity contribution is 5.93. The molecule has 1 fully saturated rings. The van der Waals surface area contributed by atoms with Gasteiger partial charge in [0.1, 0.15) is 0 Å². The summed E-state index contributed by atoms with van der Waals surface area (Å²) in [4.78, 5) is 18.4. The number of carbonyl (C=O) groups excluding carboxylic acids is 1. The van der Waals surface area contributed by atoms with Gasteiger partial charge in [0.05, 0.1) is 11.3 Å². The minimum Gasteiger partial charge on any atom is -0.320 e. The lowest BCUT2D eigenvalue weighted by Crippen LogP contribution is -2.49. The van der Waals surface area contributed by atoms with Crippen molar-refractivity contribution in [1.29, 1.82) is 0 Å². The third-order valence-corrected chi connectivity index (χ3v) is 5.06. The van der Waals surface area contributed by atoms with Crippen LogP contribution in [0.1, 0.15) is 40.9 Å². The van der Waals surface area contributed by atoms with Gasteiger partial charge in [0, 0.05) is 25.3 Å². The molecule has 2 atom stereocenters. The first-order valence-electron chi connectivity index (χ1n) is 8.03. The Balaban J connectivity index is 1.65. The second-order valence-corrected chi connectivity index (χ2v) is 6.29. The third-order valence-electron chi connectivity index (χ3n) is 5.06. The van der Waals surface area contributed by atoms with Crippen molar-refractivity contribution in [3.63, 3.8) is 0 Å². The topological polar surface area (TPSA) is 77.5 Å². The van der Waals surface area contributed by atoms with Gasteiger partial charge in [-0.05, 0) is 56.8 Å². The predicted molar refractivity (Wildman–Crippen MR) is 82.7 cm³/mol. The number of aromatic nitrogens is 1. The average Bonchev–Trinajstić information content (AvgIpc) is 2.53. The third kappa shape index (κ3) is 2.99. The van der Waals surface area contributed by atoms with Crippen LogP contribution in [0.3, 0.4) is 0 Å². The molecule has 3 N–H and O–H groups in total. The molecule has 2 heterocycles. The molecule has 22 heavy (non-hydrogen) atoms. The van der Waals surface area contributed by atoms with Crippen LogP contribution in [0.2, 0.25) is 0 Å². The summed E-state index contributed by atoms with van der Waals surface area (Å²) in [7, 11) is 2.01. The highest BCUT2D eigenvalue weighted by atomic mass is 16.5. The number of amides is 1. The Labute approximate surface area is 130 Å². The first kappa shape index (κ1) is 15.4. The SMILES string of the molecule is CNCCC1CCC1N1CCc2cc(C(=O)NO)cnc2C1. The second kappa shape index (κ2) is 6.73. The monoisotopic (exact) mass is 304 g/mol. The minimum absolute atomic E-state index is 0.422. The standard InChI is InChI=1S/C16H24N4O2/c1-17-6-4-11-2-3-15(11)20-7-5-12-8-13(16(21)19-22)9-18-14(12)10-20/h8-9,11,15,17,22H,2-7,10H2,1H3,(H,19,21). The number of hydrogen-bond acceptors (Lipinski definition) is 5. The molecule has 6 nitrogen and oxygen atoms in total. The van der Waals surface area contributed by atoms with Gasteiger partial charge in [-0.2, -0.15) is 0 Å². The largest absolute Gasteiger partial charge is 0.320 e. The minimum atomic E-state index is -0.496. The molecule has 0 saturated heterocycles. The van der Waals surface area contributed by atoms with Crippen molar-refractivity contribution >= 4 is 5.91 Å². The van der Waals surface area contributed by atoms with Crippen molar-refractivity contribution in [2.45, 2.75) is 38.3 Å². The van der Waals surface area contributed by atoms with E-state index in [0.717, 1.165) is 43.2 Å². The van der Waals surface area contributed by atoms with E-state index in [9.17, 15) is 4.79 Å². The Morgan fingerprint density at radius 1 is 1.50 bits per heavy atom. The number of hydroxylamine groups is 1. The van der Waals surface area contributed by atoms with Gasteiger partial charge in [-0.1, -0.05) is 0 Å². The zero-order valence-electron chi connectivity index (χ0n) is 13.0. The van der Waals surface area contributed by atoms with E-state index in [0.29, 0.717) is 11.6 Å². The van der Waals surface area contributed by atoms with E-state index in [2.05, 4.69) is 15.2 Å². The lowest BCUT2D eigenvalue weighted by molar-refractivity contribution is 0.0457. The maximum Gasteiger partial charge on any atom is 0.276 e. The Morgan fingerprint density at radius 2 is 2.36 bits per heavy atom. The molecule has 1 saturated carbocycles. The molecule has 0 aromatic carbocycles. The van der Waals surface area contributed by atoms with E-state index in [4.69, 9.17) is 5.21 Å². The van der Waals surface area contributed by atoms with E-state index in [1.54, 1.807) is 11.7 Å². The highest BCUT2D eigenvalue weighted by Gasteiger charge is 2.36. The fraction of sp³-hybridized carbons (Fsp3) is 0.625. The summed E-state index contributed by atoms with van der Waals surface area (Å²) in [6.07, 6.45) is 6.33. The van der Waals surface area contributed by atoms with Gasteiger partial charge in [-0.25, -0.2) is 5.48 Å². The van der Waals surface area contributed by atoms with Crippen LogP contribution in [0.4, 0.5) is 0 Å². The molecular weight excluding hydrogens is 280 g/mol. The lowest BCUT2D eigenvalue weighted by atomic mass is 9.75. The molecule has 6 heteroatoms. The van der Waals surface area contributed by atoms with Crippen LogP contribution in [-0.2, 0) is 13.0 Å². The summed E-state index contributed by atoms with van der Waals surface area (Å²) in [5.74, 6) is 0.303. The van der Waals surface area contributed by atoms with Crippen LogP contribution in [0.5, 0.6) is 0 Å². The van der Waals surface area contributed by atoms with Crippen LogP contribution in [0.25, 0.3) is 0 Å². The number of nitrogens with zero attached hydrogens (tertiary/aromatic N) is 2. The first-order valence-corrected chi connectivity index (χ1v) is 8.03. The van der Waals surface area contributed by atoms with Crippen LogP contribution in [-0.4, -0.2) is 47.2 Å². The first-order chi connectivity index (χ1) is 10.7. The number of pyridine rings is 1. The number of carbonyl (C=O) groups is 1. The number of nitrogens with one attached hydrogen (secondary N) is 2. The quantitative estimate of drug-likeness (QED) is 0.557. The summed E-state index contributed by atoms with van der Waals surface area (Å²) in [5, 5.41) is 11.9. The molecule has 0 radical (unpaired) electrons. The van der Waals surface area contributed by atoms with E-state index in [1.165, 1.54) is 19.3 Å². The summed E-state index contributed by atoms with van der Waals surface area (Å²) < 4.78 is 0. The molecule has 0 spiro atoms. The molecule has 1 amide bonds.